The maximum absolute atomic E-state index is 13.2. The second-order valence-corrected chi connectivity index (χ2v) is 7.11. The molecule has 5 nitrogen and oxygen atoms in total. The zero-order valence-electron chi connectivity index (χ0n) is 17.6. The van der Waals surface area contributed by atoms with E-state index in [1.807, 2.05) is 66.4 Å². The van der Waals surface area contributed by atoms with E-state index in [4.69, 9.17) is 4.74 Å². The van der Waals surface area contributed by atoms with Crippen molar-refractivity contribution in [2.75, 3.05) is 19.7 Å². The molecule has 2 amide bonds. The molecule has 1 heterocycles. The van der Waals surface area contributed by atoms with Gasteiger partial charge in [-0.25, -0.2) is 0 Å². The van der Waals surface area contributed by atoms with Gasteiger partial charge < -0.3 is 9.64 Å². The molecule has 0 atom stereocenters. The zero-order chi connectivity index (χ0) is 21.5. The summed E-state index contributed by atoms with van der Waals surface area (Å²) in [6, 6.07) is 17.3. The number of ether oxygens (including phenoxy) is 1. The number of imide groups is 1. The Kier molecular flexibility index (Phi) is 7.07. The number of hydrogen-bond acceptors (Lipinski definition) is 4. The van der Waals surface area contributed by atoms with Crippen LogP contribution in [0.5, 0.6) is 5.75 Å². The predicted molar refractivity (Wildman–Crippen MR) is 119 cm³/mol. The topological polar surface area (TPSA) is 49.9 Å². The molecule has 0 radical (unpaired) electrons. The van der Waals surface area contributed by atoms with Crippen molar-refractivity contribution in [2.24, 2.45) is 0 Å². The van der Waals surface area contributed by atoms with Gasteiger partial charge in [0.25, 0.3) is 11.8 Å². The number of hydrogen-bond donors (Lipinski definition) is 0. The minimum absolute atomic E-state index is 0.186. The molecule has 0 unspecified atom stereocenters. The first-order valence-electron chi connectivity index (χ1n) is 10.3. The van der Waals surface area contributed by atoms with E-state index in [0.29, 0.717) is 36.5 Å². The van der Waals surface area contributed by atoms with Crippen LogP contribution in [0, 0.1) is 0 Å². The quantitative estimate of drug-likeness (QED) is 0.438. The van der Waals surface area contributed by atoms with Crippen molar-refractivity contribution >= 4 is 17.4 Å². The first-order valence-corrected chi connectivity index (χ1v) is 10.3. The van der Waals surface area contributed by atoms with E-state index in [1.54, 1.807) is 6.08 Å². The summed E-state index contributed by atoms with van der Waals surface area (Å²) >= 11 is 0. The fraction of sp³-hybridized carbons (Fsp3) is 0.280. The molecule has 0 N–H and O–H groups in total. The standard InChI is InChI=1S/C25H28N2O3/c1-4-16-27-24(28)22(20-12-14-21(15-13-20)30-17-5-2)23(25(27)29)26(6-3)18-19-10-8-7-9-11-19/h4,7-15H,1,5-6,16-18H2,2-3H3. The Labute approximate surface area is 178 Å². The van der Waals surface area contributed by atoms with E-state index in [0.717, 1.165) is 17.7 Å². The predicted octanol–water partition coefficient (Wildman–Crippen LogP) is 4.26. The molecule has 1 aliphatic rings. The maximum Gasteiger partial charge on any atom is 0.278 e. The lowest BCUT2D eigenvalue weighted by Gasteiger charge is -2.24. The third-order valence-corrected chi connectivity index (χ3v) is 4.99. The van der Waals surface area contributed by atoms with Gasteiger partial charge in [-0.05, 0) is 36.6 Å². The van der Waals surface area contributed by atoms with Gasteiger partial charge in [-0.1, -0.05) is 55.5 Å². The molecule has 0 aromatic heterocycles. The molecular formula is C25H28N2O3. The summed E-state index contributed by atoms with van der Waals surface area (Å²) < 4.78 is 5.65. The van der Waals surface area contributed by atoms with Crippen LogP contribution in [-0.4, -0.2) is 41.3 Å². The molecule has 1 aliphatic heterocycles. The highest BCUT2D eigenvalue weighted by Gasteiger charge is 2.40. The van der Waals surface area contributed by atoms with Crippen LogP contribution in [0.2, 0.25) is 0 Å². The zero-order valence-corrected chi connectivity index (χ0v) is 17.6. The van der Waals surface area contributed by atoms with E-state index < -0.39 is 0 Å². The Morgan fingerprint density at radius 3 is 2.30 bits per heavy atom. The number of carbonyl (C=O) groups is 2. The summed E-state index contributed by atoms with van der Waals surface area (Å²) in [6.07, 6.45) is 2.50. The van der Waals surface area contributed by atoms with Crippen LogP contribution >= 0.6 is 0 Å². The highest BCUT2D eigenvalue weighted by molar-refractivity contribution is 6.35. The van der Waals surface area contributed by atoms with Crippen molar-refractivity contribution in [3.8, 4) is 5.75 Å². The summed E-state index contributed by atoms with van der Waals surface area (Å²) in [5.74, 6) is 0.182. The third-order valence-electron chi connectivity index (χ3n) is 4.99. The fourth-order valence-electron chi connectivity index (χ4n) is 3.50. The number of likely N-dealkylation sites (N-methyl/N-ethyl adjacent to an activating group) is 1. The summed E-state index contributed by atoms with van der Waals surface area (Å²) in [5, 5.41) is 0. The fourth-order valence-corrected chi connectivity index (χ4v) is 3.50. The molecule has 30 heavy (non-hydrogen) atoms. The van der Waals surface area contributed by atoms with Crippen molar-refractivity contribution in [2.45, 2.75) is 26.8 Å². The van der Waals surface area contributed by atoms with E-state index in [-0.39, 0.29) is 18.4 Å². The average molecular weight is 405 g/mol. The normalized spacial score (nSPS) is 13.7. The van der Waals surface area contributed by atoms with Gasteiger partial charge in [-0.2, -0.15) is 0 Å². The van der Waals surface area contributed by atoms with Crippen LogP contribution in [0.4, 0.5) is 0 Å². The molecule has 0 fully saturated rings. The number of amides is 2. The summed E-state index contributed by atoms with van der Waals surface area (Å²) in [6.45, 7) is 9.71. The summed E-state index contributed by atoms with van der Waals surface area (Å²) in [7, 11) is 0. The van der Waals surface area contributed by atoms with Gasteiger partial charge in [0.2, 0.25) is 0 Å². The van der Waals surface area contributed by atoms with Crippen molar-refractivity contribution in [1.29, 1.82) is 0 Å². The first kappa shape index (κ1) is 21.4. The van der Waals surface area contributed by atoms with Crippen LogP contribution in [0.15, 0.2) is 72.9 Å². The van der Waals surface area contributed by atoms with Crippen molar-refractivity contribution in [3.05, 3.63) is 84.1 Å². The minimum atomic E-state index is -0.288. The Hall–Kier alpha value is -3.34. The SMILES string of the molecule is C=CCN1C(=O)C(c2ccc(OCCC)cc2)=C(N(CC)Cc2ccccc2)C1=O. The molecule has 0 bridgehead atoms. The lowest BCUT2D eigenvalue weighted by atomic mass is 10.0. The van der Waals surface area contributed by atoms with Gasteiger partial charge in [0.15, 0.2) is 0 Å². The lowest BCUT2D eigenvalue weighted by Crippen LogP contribution is -2.35. The van der Waals surface area contributed by atoms with Gasteiger partial charge in [0.1, 0.15) is 11.4 Å². The summed E-state index contributed by atoms with van der Waals surface area (Å²) in [4.78, 5) is 29.6. The van der Waals surface area contributed by atoms with Crippen LogP contribution in [0.1, 0.15) is 31.4 Å². The lowest BCUT2D eigenvalue weighted by molar-refractivity contribution is -0.136. The van der Waals surface area contributed by atoms with Gasteiger partial charge in [-0.15, -0.1) is 6.58 Å². The van der Waals surface area contributed by atoms with Crippen LogP contribution in [-0.2, 0) is 16.1 Å². The molecule has 2 aromatic carbocycles. The molecule has 0 saturated carbocycles. The third kappa shape index (κ3) is 4.46. The van der Waals surface area contributed by atoms with E-state index in [2.05, 4.69) is 13.5 Å². The van der Waals surface area contributed by atoms with Crippen molar-refractivity contribution in [3.63, 3.8) is 0 Å². The van der Waals surface area contributed by atoms with Crippen LogP contribution in [0.25, 0.3) is 5.57 Å². The van der Waals surface area contributed by atoms with Gasteiger partial charge in [0.05, 0.1) is 12.2 Å². The Morgan fingerprint density at radius 1 is 1.00 bits per heavy atom. The van der Waals surface area contributed by atoms with Crippen LogP contribution < -0.4 is 4.74 Å². The minimum Gasteiger partial charge on any atom is -0.494 e. The number of carbonyl (C=O) groups excluding carboxylic acids is 2. The molecule has 0 spiro atoms. The summed E-state index contributed by atoms with van der Waals surface area (Å²) in [5.41, 5.74) is 2.67. The van der Waals surface area contributed by atoms with Crippen LogP contribution in [0.3, 0.4) is 0 Å². The van der Waals surface area contributed by atoms with Gasteiger partial charge in [-0.3, -0.25) is 14.5 Å². The number of nitrogens with zero attached hydrogens (tertiary/aromatic N) is 2. The second-order valence-electron chi connectivity index (χ2n) is 7.11. The molecule has 156 valence electrons. The molecular weight excluding hydrogens is 376 g/mol. The number of benzene rings is 2. The highest BCUT2D eigenvalue weighted by atomic mass is 16.5. The van der Waals surface area contributed by atoms with E-state index >= 15 is 0 Å². The Balaban J connectivity index is 2.02. The molecule has 0 saturated heterocycles. The van der Waals surface area contributed by atoms with Crippen molar-refractivity contribution in [1.82, 2.24) is 9.80 Å². The number of rotatable bonds is 10. The largest absolute Gasteiger partial charge is 0.494 e. The smallest absolute Gasteiger partial charge is 0.278 e. The molecule has 2 aromatic rings. The second kappa shape index (κ2) is 9.92. The van der Waals surface area contributed by atoms with E-state index in [1.165, 1.54) is 4.90 Å². The Morgan fingerprint density at radius 2 is 1.70 bits per heavy atom. The van der Waals surface area contributed by atoms with E-state index in [9.17, 15) is 9.59 Å². The first-order chi connectivity index (χ1) is 14.6. The van der Waals surface area contributed by atoms with Gasteiger partial charge >= 0.3 is 0 Å². The van der Waals surface area contributed by atoms with Gasteiger partial charge in [0, 0.05) is 19.6 Å². The molecule has 3 rings (SSSR count). The Bertz CT molecular complexity index is 933. The maximum atomic E-state index is 13.2. The molecule has 0 aliphatic carbocycles. The van der Waals surface area contributed by atoms with Crippen molar-refractivity contribution < 1.29 is 14.3 Å². The average Bonchev–Trinajstić information content (AvgIpc) is 3.02. The molecule has 5 heteroatoms. The monoisotopic (exact) mass is 404 g/mol. The highest BCUT2D eigenvalue weighted by Crippen LogP contribution is 2.33.